The third-order valence-corrected chi connectivity index (χ3v) is 6.47. The quantitative estimate of drug-likeness (QED) is 0.821. The molecule has 0 aromatic carbocycles. The first-order chi connectivity index (χ1) is 12.6. The molecule has 26 heavy (non-hydrogen) atoms. The van der Waals surface area contributed by atoms with Crippen LogP contribution in [0, 0.1) is 11.3 Å². The lowest BCUT2D eigenvalue weighted by Gasteiger charge is -2.33. The van der Waals surface area contributed by atoms with Crippen molar-refractivity contribution in [2.45, 2.75) is 45.4 Å². The summed E-state index contributed by atoms with van der Waals surface area (Å²) in [4.78, 5) is 29.1. The van der Waals surface area contributed by atoms with Crippen LogP contribution >= 0.6 is 11.3 Å². The van der Waals surface area contributed by atoms with Crippen molar-refractivity contribution in [1.82, 2.24) is 9.80 Å². The van der Waals surface area contributed by atoms with Crippen molar-refractivity contribution in [2.75, 3.05) is 38.0 Å². The summed E-state index contributed by atoms with van der Waals surface area (Å²) in [5.41, 5.74) is 1.83. The van der Waals surface area contributed by atoms with Gasteiger partial charge in [0.2, 0.25) is 11.8 Å². The number of nitrogens with one attached hydrogen (secondary N) is 1. The number of fused-ring (bicyclic) bond motifs is 1. The Morgan fingerprint density at radius 1 is 1.15 bits per heavy atom. The first-order valence-electron chi connectivity index (χ1n) is 9.41. The van der Waals surface area contributed by atoms with Crippen molar-refractivity contribution < 1.29 is 9.59 Å². The number of thiophene rings is 1. The number of piperazine rings is 1. The molecule has 0 bridgehead atoms. The summed E-state index contributed by atoms with van der Waals surface area (Å²) >= 11 is 1.58. The van der Waals surface area contributed by atoms with Crippen LogP contribution in [0.3, 0.4) is 0 Å². The summed E-state index contributed by atoms with van der Waals surface area (Å²) in [5, 5.41) is 13.2. The predicted molar refractivity (Wildman–Crippen MR) is 102 cm³/mol. The van der Waals surface area contributed by atoms with Crippen LogP contribution in [0.25, 0.3) is 0 Å². The Hall–Kier alpha value is -1.91. The molecule has 1 aromatic heterocycles. The molecule has 3 rings (SSSR count). The first kappa shape index (κ1) is 18.9. The van der Waals surface area contributed by atoms with E-state index in [2.05, 4.69) is 16.3 Å². The van der Waals surface area contributed by atoms with Crippen molar-refractivity contribution in [3.8, 4) is 6.07 Å². The van der Waals surface area contributed by atoms with Crippen molar-refractivity contribution in [1.29, 1.82) is 5.26 Å². The van der Waals surface area contributed by atoms with Crippen molar-refractivity contribution >= 4 is 28.2 Å². The van der Waals surface area contributed by atoms with E-state index in [0.29, 0.717) is 18.5 Å². The largest absolute Gasteiger partial charge is 0.340 e. The van der Waals surface area contributed by atoms with E-state index < -0.39 is 0 Å². The van der Waals surface area contributed by atoms with Gasteiger partial charge in [-0.2, -0.15) is 5.26 Å². The molecule has 2 heterocycles. The molecule has 1 fully saturated rings. The van der Waals surface area contributed by atoms with E-state index in [9.17, 15) is 14.9 Å². The van der Waals surface area contributed by atoms with Crippen LogP contribution in [-0.2, 0) is 22.4 Å². The highest BCUT2D eigenvalue weighted by molar-refractivity contribution is 7.16. The highest BCUT2D eigenvalue weighted by atomic mass is 32.1. The molecule has 0 radical (unpaired) electrons. The summed E-state index contributed by atoms with van der Waals surface area (Å²) in [5.74, 6) is 0.0794. The van der Waals surface area contributed by atoms with Crippen molar-refractivity contribution in [3.63, 3.8) is 0 Å². The molecule has 2 amide bonds. The average Bonchev–Trinajstić information content (AvgIpc) is 2.79. The third-order valence-electron chi connectivity index (χ3n) is 5.26. The summed E-state index contributed by atoms with van der Waals surface area (Å²) in [6.07, 6.45) is 5.88. The zero-order chi connectivity index (χ0) is 18.5. The fourth-order valence-corrected chi connectivity index (χ4v) is 4.94. The van der Waals surface area contributed by atoms with Gasteiger partial charge in [0.1, 0.15) is 11.1 Å². The minimum absolute atomic E-state index is 0.0353. The molecule has 140 valence electrons. The fraction of sp³-hybridized carbons (Fsp3) is 0.632. The van der Waals surface area contributed by atoms with E-state index in [4.69, 9.17) is 0 Å². The Balaban J connectivity index is 1.53. The van der Waals surface area contributed by atoms with E-state index in [1.165, 1.54) is 11.3 Å². The van der Waals surface area contributed by atoms with Crippen LogP contribution in [0.1, 0.15) is 48.6 Å². The van der Waals surface area contributed by atoms with Gasteiger partial charge in [-0.15, -0.1) is 11.3 Å². The zero-order valence-corrected chi connectivity index (χ0v) is 16.2. The zero-order valence-electron chi connectivity index (χ0n) is 15.3. The van der Waals surface area contributed by atoms with Crippen molar-refractivity contribution in [3.05, 3.63) is 16.0 Å². The first-order valence-corrected chi connectivity index (χ1v) is 10.2. The number of amides is 2. The summed E-state index contributed by atoms with van der Waals surface area (Å²) < 4.78 is 0. The maximum atomic E-state index is 12.4. The van der Waals surface area contributed by atoms with E-state index in [-0.39, 0.29) is 11.8 Å². The van der Waals surface area contributed by atoms with Gasteiger partial charge < -0.3 is 10.2 Å². The number of nitrogens with zero attached hydrogens (tertiary/aromatic N) is 3. The van der Waals surface area contributed by atoms with Gasteiger partial charge in [-0.25, -0.2) is 0 Å². The molecular weight excluding hydrogens is 348 g/mol. The summed E-state index contributed by atoms with van der Waals surface area (Å²) in [6, 6.07) is 2.31. The SMILES string of the molecule is CC(=O)N1CCN(CCC(=O)Nc2sc3c(c2C#N)CCCCC3)CC1. The monoisotopic (exact) mass is 374 g/mol. The van der Waals surface area contributed by atoms with Gasteiger partial charge in [0.25, 0.3) is 0 Å². The molecule has 1 saturated heterocycles. The number of anilines is 1. The predicted octanol–water partition coefficient (Wildman–Crippen LogP) is 2.38. The van der Waals surface area contributed by atoms with Gasteiger partial charge in [0, 0.05) is 50.9 Å². The average molecular weight is 375 g/mol. The second-order valence-corrected chi connectivity index (χ2v) is 8.13. The smallest absolute Gasteiger partial charge is 0.226 e. The van der Waals surface area contributed by atoms with Gasteiger partial charge in [0.15, 0.2) is 0 Å². The number of hydrogen-bond acceptors (Lipinski definition) is 5. The topological polar surface area (TPSA) is 76.4 Å². The standard InChI is InChI=1S/C19H26N4O2S/c1-14(24)23-11-9-22(10-12-23)8-7-18(25)21-19-16(13-20)15-5-3-2-4-6-17(15)26-19/h2-12H2,1H3,(H,21,25). The normalized spacial score (nSPS) is 17.9. The number of carbonyl (C=O) groups excluding carboxylic acids is 2. The highest BCUT2D eigenvalue weighted by Crippen LogP contribution is 2.37. The lowest BCUT2D eigenvalue weighted by Crippen LogP contribution is -2.48. The van der Waals surface area contributed by atoms with E-state index >= 15 is 0 Å². The van der Waals surface area contributed by atoms with E-state index in [0.717, 1.165) is 62.4 Å². The van der Waals surface area contributed by atoms with Crippen molar-refractivity contribution in [2.24, 2.45) is 0 Å². The Morgan fingerprint density at radius 3 is 2.58 bits per heavy atom. The van der Waals surface area contributed by atoms with Crippen LogP contribution in [0.5, 0.6) is 0 Å². The molecule has 1 aliphatic carbocycles. The molecular formula is C19H26N4O2S. The molecule has 0 spiro atoms. The molecule has 1 aliphatic heterocycles. The number of rotatable bonds is 4. The summed E-state index contributed by atoms with van der Waals surface area (Å²) in [7, 11) is 0. The van der Waals surface area contributed by atoms with Gasteiger partial charge in [0.05, 0.1) is 5.56 Å². The Kier molecular flexibility index (Phi) is 6.28. The lowest BCUT2D eigenvalue weighted by atomic mass is 10.1. The molecule has 7 heteroatoms. The molecule has 0 unspecified atom stereocenters. The highest BCUT2D eigenvalue weighted by Gasteiger charge is 2.22. The second-order valence-electron chi connectivity index (χ2n) is 7.03. The number of nitriles is 1. The molecule has 1 N–H and O–H groups in total. The summed E-state index contributed by atoms with van der Waals surface area (Å²) in [6.45, 7) is 5.36. The Bertz CT molecular complexity index is 714. The van der Waals surface area contributed by atoms with Crippen LogP contribution < -0.4 is 5.32 Å². The molecule has 2 aliphatic rings. The molecule has 0 atom stereocenters. The third kappa shape index (κ3) is 4.43. The van der Waals surface area contributed by atoms with Gasteiger partial charge in [-0.1, -0.05) is 6.42 Å². The van der Waals surface area contributed by atoms with Gasteiger partial charge in [-0.3, -0.25) is 14.5 Å². The Morgan fingerprint density at radius 2 is 1.88 bits per heavy atom. The van der Waals surface area contributed by atoms with Crippen LogP contribution in [0.2, 0.25) is 0 Å². The minimum atomic E-state index is -0.0353. The lowest BCUT2D eigenvalue weighted by molar-refractivity contribution is -0.130. The number of aryl methyl sites for hydroxylation is 1. The maximum absolute atomic E-state index is 12.4. The molecule has 0 saturated carbocycles. The van der Waals surface area contributed by atoms with Gasteiger partial charge in [-0.05, 0) is 31.2 Å². The number of hydrogen-bond donors (Lipinski definition) is 1. The van der Waals surface area contributed by atoms with Crippen LogP contribution in [0.4, 0.5) is 5.00 Å². The van der Waals surface area contributed by atoms with Crippen LogP contribution in [0.15, 0.2) is 0 Å². The van der Waals surface area contributed by atoms with E-state index in [1.807, 2.05) is 4.90 Å². The molecule has 1 aromatic rings. The maximum Gasteiger partial charge on any atom is 0.226 e. The Labute approximate surface area is 158 Å². The van der Waals surface area contributed by atoms with Crippen LogP contribution in [-0.4, -0.2) is 54.3 Å². The van der Waals surface area contributed by atoms with Gasteiger partial charge >= 0.3 is 0 Å². The number of carbonyl (C=O) groups is 2. The fourth-order valence-electron chi connectivity index (χ4n) is 3.68. The second kappa shape index (κ2) is 8.65. The minimum Gasteiger partial charge on any atom is -0.340 e. The molecule has 6 nitrogen and oxygen atoms in total. The van der Waals surface area contributed by atoms with E-state index in [1.54, 1.807) is 18.3 Å².